The van der Waals surface area contributed by atoms with Gasteiger partial charge in [0.2, 0.25) is 5.91 Å². The standard InChI is InChI=1S/C13H12N4O2/c1-9(18)16-12-7-10(4-6-15-12)13(19)17-11-3-2-5-14-8-11/h2-8H,1H3,(H,17,19)(H,15,16,18). The molecule has 0 bridgehead atoms. The quantitative estimate of drug-likeness (QED) is 0.875. The van der Waals surface area contributed by atoms with Gasteiger partial charge in [-0.05, 0) is 24.3 Å². The molecule has 19 heavy (non-hydrogen) atoms. The van der Waals surface area contributed by atoms with E-state index in [4.69, 9.17) is 0 Å². The van der Waals surface area contributed by atoms with Crippen molar-refractivity contribution < 1.29 is 9.59 Å². The van der Waals surface area contributed by atoms with Crippen molar-refractivity contribution in [1.29, 1.82) is 0 Å². The zero-order valence-electron chi connectivity index (χ0n) is 10.3. The van der Waals surface area contributed by atoms with Gasteiger partial charge in [0.25, 0.3) is 5.91 Å². The molecule has 2 aromatic heterocycles. The molecule has 0 aliphatic carbocycles. The molecule has 2 aromatic rings. The lowest BCUT2D eigenvalue weighted by atomic mass is 10.2. The SMILES string of the molecule is CC(=O)Nc1cc(C(=O)Nc2cccnc2)ccn1. The fraction of sp³-hybridized carbons (Fsp3) is 0.0769. The summed E-state index contributed by atoms with van der Waals surface area (Å²) >= 11 is 0. The van der Waals surface area contributed by atoms with Gasteiger partial charge in [0.15, 0.2) is 0 Å². The second-order valence-electron chi connectivity index (χ2n) is 3.81. The summed E-state index contributed by atoms with van der Waals surface area (Å²) in [6.45, 7) is 1.38. The molecule has 2 rings (SSSR count). The van der Waals surface area contributed by atoms with E-state index in [2.05, 4.69) is 20.6 Å². The van der Waals surface area contributed by atoms with Gasteiger partial charge in [0.1, 0.15) is 5.82 Å². The lowest BCUT2D eigenvalue weighted by Gasteiger charge is -2.06. The molecule has 0 aliphatic rings. The van der Waals surface area contributed by atoms with E-state index in [0.717, 1.165) is 0 Å². The number of nitrogens with one attached hydrogen (secondary N) is 2. The average Bonchev–Trinajstić information content (AvgIpc) is 2.39. The summed E-state index contributed by atoms with van der Waals surface area (Å²) in [5, 5.41) is 5.22. The Morgan fingerprint density at radius 2 is 2.00 bits per heavy atom. The fourth-order valence-corrected chi connectivity index (χ4v) is 1.46. The lowest BCUT2D eigenvalue weighted by molar-refractivity contribution is -0.114. The number of hydrogen-bond acceptors (Lipinski definition) is 4. The van der Waals surface area contributed by atoms with Crippen LogP contribution in [0.4, 0.5) is 11.5 Å². The van der Waals surface area contributed by atoms with Gasteiger partial charge in [-0.25, -0.2) is 4.98 Å². The second kappa shape index (κ2) is 5.72. The van der Waals surface area contributed by atoms with Crippen molar-refractivity contribution in [2.75, 3.05) is 10.6 Å². The number of aromatic nitrogens is 2. The predicted octanol–water partition coefficient (Wildman–Crippen LogP) is 1.69. The maximum atomic E-state index is 12.0. The molecule has 0 aromatic carbocycles. The van der Waals surface area contributed by atoms with Crippen LogP contribution in [-0.2, 0) is 4.79 Å². The molecule has 0 saturated heterocycles. The third-order valence-electron chi connectivity index (χ3n) is 2.25. The third kappa shape index (κ3) is 3.60. The summed E-state index contributed by atoms with van der Waals surface area (Å²) in [7, 11) is 0. The van der Waals surface area contributed by atoms with Crippen molar-refractivity contribution in [3.8, 4) is 0 Å². The van der Waals surface area contributed by atoms with E-state index in [0.29, 0.717) is 17.1 Å². The van der Waals surface area contributed by atoms with Gasteiger partial charge >= 0.3 is 0 Å². The number of pyridine rings is 2. The molecule has 0 radical (unpaired) electrons. The number of amides is 2. The Morgan fingerprint density at radius 3 is 2.68 bits per heavy atom. The summed E-state index contributed by atoms with van der Waals surface area (Å²) in [6, 6.07) is 6.54. The highest BCUT2D eigenvalue weighted by Gasteiger charge is 2.07. The van der Waals surface area contributed by atoms with Crippen LogP contribution in [0.1, 0.15) is 17.3 Å². The van der Waals surface area contributed by atoms with Gasteiger partial charge in [-0.2, -0.15) is 0 Å². The highest BCUT2D eigenvalue weighted by molar-refractivity contribution is 6.04. The van der Waals surface area contributed by atoms with Crippen molar-refractivity contribution in [1.82, 2.24) is 9.97 Å². The minimum absolute atomic E-state index is 0.239. The Hall–Kier alpha value is -2.76. The molecule has 0 fully saturated rings. The van der Waals surface area contributed by atoms with Crippen molar-refractivity contribution in [2.24, 2.45) is 0 Å². The third-order valence-corrected chi connectivity index (χ3v) is 2.25. The molecule has 0 aliphatic heterocycles. The van der Waals surface area contributed by atoms with Gasteiger partial charge < -0.3 is 10.6 Å². The molecule has 6 heteroatoms. The topological polar surface area (TPSA) is 84.0 Å². The van der Waals surface area contributed by atoms with Crippen LogP contribution in [-0.4, -0.2) is 21.8 Å². The minimum atomic E-state index is -0.290. The van der Waals surface area contributed by atoms with E-state index >= 15 is 0 Å². The minimum Gasteiger partial charge on any atom is -0.321 e. The van der Waals surface area contributed by atoms with E-state index in [1.54, 1.807) is 30.6 Å². The van der Waals surface area contributed by atoms with Crippen LogP contribution < -0.4 is 10.6 Å². The monoisotopic (exact) mass is 256 g/mol. The Kier molecular flexibility index (Phi) is 3.82. The molecule has 0 spiro atoms. The smallest absolute Gasteiger partial charge is 0.255 e. The second-order valence-corrected chi connectivity index (χ2v) is 3.81. The number of nitrogens with zero attached hydrogens (tertiary/aromatic N) is 2. The van der Waals surface area contributed by atoms with Gasteiger partial charge in [0.05, 0.1) is 11.9 Å². The van der Waals surface area contributed by atoms with Crippen LogP contribution in [0.3, 0.4) is 0 Å². The Labute approximate surface area is 109 Å². The summed E-state index contributed by atoms with van der Waals surface area (Å²) in [6.07, 6.45) is 4.63. The molecule has 6 nitrogen and oxygen atoms in total. The van der Waals surface area contributed by atoms with Crippen molar-refractivity contribution in [3.63, 3.8) is 0 Å². The van der Waals surface area contributed by atoms with Crippen LogP contribution >= 0.6 is 0 Å². The largest absolute Gasteiger partial charge is 0.321 e. The highest BCUT2D eigenvalue weighted by Crippen LogP contribution is 2.10. The van der Waals surface area contributed by atoms with Gasteiger partial charge in [0, 0.05) is 24.9 Å². The average molecular weight is 256 g/mol. The predicted molar refractivity (Wildman–Crippen MR) is 70.7 cm³/mol. The molecule has 0 saturated carbocycles. The van der Waals surface area contributed by atoms with Crippen molar-refractivity contribution in [2.45, 2.75) is 6.92 Å². The van der Waals surface area contributed by atoms with Crippen molar-refractivity contribution >= 4 is 23.3 Å². The molecule has 2 heterocycles. The summed E-state index contributed by atoms with van der Waals surface area (Å²) < 4.78 is 0. The summed E-state index contributed by atoms with van der Waals surface area (Å²) in [5.41, 5.74) is 1.01. The van der Waals surface area contributed by atoms with E-state index in [-0.39, 0.29) is 11.8 Å². The first kappa shape index (κ1) is 12.7. The molecule has 2 N–H and O–H groups in total. The van der Waals surface area contributed by atoms with Gasteiger partial charge in [-0.3, -0.25) is 14.6 Å². The van der Waals surface area contributed by atoms with E-state index in [9.17, 15) is 9.59 Å². The molecular formula is C13H12N4O2. The zero-order chi connectivity index (χ0) is 13.7. The Bertz CT molecular complexity index is 599. The molecular weight excluding hydrogens is 244 g/mol. The molecule has 96 valence electrons. The maximum absolute atomic E-state index is 12.0. The highest BCUT2D eigenvalue weighted by atomic mass is 16.2. The van der Waals surface area contributed by atoms with Gasteiger partial charge in [-0.1, -0.05) is 0 Å². The maximum Gasteiger partial charge on any atom is 0.255 e. The van der Waals surface area contributed by atoms with E-state index < -0.39 is 0 Å². The van der Waals surface area contributed by atoms with Crippen molar-refractivity contribution in [3.05, 3.63) is 48.4 Å². The fourth-order valence-electron chi connectivity index (χ4n) is 1.46. The lowest BCUT2D eigenvalue weighted by Crippen LogP contribution is -2.13. The summed E-state index contributed by atoms with van der Waals surface area (Å²) in [5.74, 6) is -0.189. The molecule has 0 unspecified atom stereocenters. The Morgan fingerprint density at radius 1 is 1.16 bits per heavy atom. The first-order chi connectivity index (χ1) is 9.15. The normalized spacial score (nSPS) is 9.74. The number of carbonyl (C=O) groups is 2. The first-order valence-electron chi connectivity index (χ1n) is 5.60. The van der Waals surface area contributed by atoms with Crippen LogP contribution in [0.2, 0.25) is 0 Å². The molecule has 2 amide bonds. The first-order valence-corrected chi connectivity index (χ1v) is 5.60. The molecule has 0 atom stereocenters. The number of hydrogen-bond donors (Lipinski definition) is 2. The van der Waals surface area contributed by atoms with E-state index in [1.807, 2.05) is 0 Å². The van der Waals surface area contributed by atoms with Crippen LogP contribution in [0.25, 0.3) is 0 Å². The summed E-state index contributed by atoms with van der Waals surface area (Å²) in [4.78, 5) is 30.7. The van der Waals surface area contributed by atoms with Crippen LogP contribution in [0, 0.1) is 0 Å². The van der Waals surface area contributed by atoms with Gasteiger partial charge in [-0.15, -0.1) is 0 Å². The van der Waals surface area contributed by atoms with E-state index in [1.165, 1.54) is 19.2 Å². The number of rotatable bonds is 3. The van der Waals surface area contributed by atoms with Crippen LogP contribution in [0.15, 0.2) is 42.9 Å². The Balaban J connectivity index is 2.13. The number of carbonyl (C=O) groups excluding carboxylic acids is 2. The zero-order valence-corrected chi connectivity index (χ0v) is 10.3. The number of anilines is 2. The van der Waals surface area contributed by atoms with Crippen LogP contribution in [0.5, 0.6) is 0 Å².